The van der Waals surface area contributed by atoms with Crippen LogP contribution < -0.4 is 10.6 Å². The van der Waals surface area contributed by atoms with Crippen molar-refractivity contribution in [1.29, 1.82) is 0 Å². The Labute approximate surface area is 139 Å². The molecular weight excluding hydrogens is 294 g/mol. The molecule has 4 nitrogen and oxygen atoms in total. The molecule has 0 radical (unpaired) electrons. The van der Waals surface area contributed by atoms with E-state index in [1.165, 1.54) is 4.88 Å². The van der Waals surface area contributed by atoms with E-state index in [1.807, 2.05) is 0 Å². The number of ether oxygens (including phenoxy) is 1. The first-order valence-corrected chi connectivity index (χ1v) is 9.21. The van der Waals surface area contributed by atoms with E-state index in [4.69, 9.17) is 4.74 Å². The second-order valence-corrected chi connectivity index (χ2v) is 6.58. The molecule has 126 valence electrons. The van der Waals surface area contributed by atoms with Gasteiger partial charge < -0.3 is 15.4 Å². The third-order valence-electron chi connectivity index (χ3n) is 3.40. The molecule has 0 bridgehead atoms. The number of guanidine groups is 1. The molecule has 22 heavy (non-hydrogen) atoms. The van der Waals surface area contributed by atoms with Crippen LogP contribution in [-0.2, 0) is 11.2 Å². The molecule has 1 heterocycles. The fourth-order valence-corrected chi connectivity index (χ4v) is 2.94. The maximum Gasteiger partial charge on any atom is 0.191 e. The van der Waals surface area contributed by atoms with Gasteiger partial charge >= 0.3 is 0 Å². The molecule has 0 aliphatic rings. The number of nitrogens with zero attached hydrogens (tertiary/aromatic N) is 1. The summed E-state index contributed by atoms with van der Waals surface area (Å²) in [7, 11) is 0. The van der Waals surface area contributed by atoms with Crippen LogP contribution in [0.4, 0.5) is 0 Å². The van der Waals surface area contributed by atoms with Crippen LogP contribution in [0.15, 0.2) is 22.5 Å². The van der Waals surface area contributed by atoms with Gasteiger partial charge in [0.15, 0.2) is 5.96 Å². The zero-order valence-corrected chi connectivity index (χ0v) is 15.2. The molecule has 0 aliphatic carbocycles. The highest BCUT2D eigenvalue weighted by atomic mass is 32.1. The van der Waals surface area contributed by atoms with Gasteiger partial charge in [0.2, 0.25) is 0 Å². The Bertz CT molecular complexity index is 404. The van der Waals surface area contributed by atoms with Crippen LogP contribution in [-0.4, -0.2) is 38.3 Å². The van der Waals surface area contributed by atoms with Gasteiger partial charge in [-0.15, -0.1) is 11.3 Å². The third kappa shape index (κ3) is 7.80. The molecule has 2 N–H and O–H groups in total. The van der Waals surface area contributed by atoms with Gasteiger partial charge in [-0.05, 0) is 44.1 Å². The van der Waals surface area contributed by atoms with Crippen molar-refractivity contribution in [3.8, 4) is 0 Å². The average molecular weight is 326 g/mol. The van der Waals surface area contributed by atoms with E-state index < -0.39 is 0 Å². The van der Waals surface area contributed by atoms with Gasteiger partial charge in [-0.3, -0.25) is 4.99 Å². The molecule has 5 heteroatoms. The number of aliphatic imine (C=N–C) groups is 1. The van der Waals surface area contributed by atoms with E-state index in [0.717, 1.165) is 45.0 Å². The van der Waals surface area contributed by atoms with E-state index in [0.29, 0.717) is 12.0 Å². The minimum atomic E-state index is 0.294. The standard InChI is InChI=1S/C17H31N3OS/c1-5-18-17(19-11-9-15-8-7-13-22-15)20-12-10-16(14(3)4)21-6-2/h7-8,13-14,16H,5-6,9-12H2,1-4H3,(H2,18,19,20). The molecule has 0 fully saturated rings. The maximum absolute atomic E-state index is 5.77. The molecule has 1 aromatic rings. The lowest BCUT2D eigenvalue weighted by atomic mass is 10.0. The van der Waals surface area contributed by atoms with Crippen molar-refractivity contribution in [2.45, 2.75) is 46.6 Å². The Kier molecular flexibility index (Phi) is 9.91. The van der Waals surface area contributed by atoms with Crippen molar-refractivity contribution in [3.05, 3.63) is 22.4 Å². The van der Waals surface area contributed by atoms with E-state index >= 15 is 0 Å². The number of hydrogen-bond acceptors (Lipinski definition) is 3. The van der Waals surface area contributed by atoms with Crippen molar-refractivity contribution >= 4 is 17.3 Å². The molecule has 0 amide bonds. The molecule has 1 unspecified atom stereocenters. The largest absolute Gasteiger partial charge is 0.378 e. The first-order valence-electron chi connectivity index (χ1n) is 8.33. The monoisotopic (exact) mass is 325 g/mol. The van der Waals surface area contributed by atoms with Gasteiger partial charge in [0, 0.05) is 31.1 Å². The molecule has 0 saturated heterocycles. The summed E-state index contributed by atoms with van der Waals surface area (Å²) in [6.45, 7) is 11.9. The summed E-state index contributed by atoms with van der Waals surface area (Å²) in [5.41, 5.74) is 0. The van der Waals surface area contributed by atoms with Crippen molar-refractivity contribution in [3.63, 3.8) is 0 Å². The predicted octanol–water partition coefficient (Wildman–Crippen LogP) is 3.30. The number of thiophene rings is 1. The highest BCUT2D eigenvalue weighted by Crippen LogP contribution is 2.11. The summed E-state index contributed by atoms with van der Waals surface area (Å²) < 4.78 is 5.77. The first kappa shape index (κ1) is 19.0. The minimum absolute atomic E-state index is 0.294. The van der Waals surface area contributed by atoms with Gasteiger partial charge in [0.25, 0.3) is 0 Å². The zero-order valence-electron chi connectivity index (χ0n) is 14.4. The summed E-state index contributed by atoms with van der Waals surface area (Å²) >= 11 is 1.80. The van der Waals surface area contributed by atoms with Crippen LogP contribution in [0.25, 0.3) is 0 Å². The molecule has 1 aromatic heterocycles. The Morgan fingerprint density at radius 3 is 2.73 bits per heavy atom. The first-order chi connectivity index (χ1) is 10.7. The lowest BCUT2D eigenvalue weighted by Gasteiger charge is -2.20. The molecular formula is C17H31N3OS. The quantitative estimate of drug-likeness (QED) is 0.512. The molecule has 1 atom stereocenters. The van der Waals surface area contributed by atoms with E-state index in [-0.39, 0.29) is 0 Å². The highest BCUT2D eigenvalue weighted by Gasteiger charge is 2.12. The number of hydrogen-bond donors (Lipinski definition) is 2. The van der Waals surface area contributed by atoms with Crippen molar-refractivity contribution in [2.24, 2.45) is 10.9 Å². The van der Waals surface area contributed by atoms with Gasteiger partial charge in [-0.25, -0.2) is 0 Å². The Hall–Kier alpha value is -1.07. The molecule has 0 aromatic carbocycles. The van der Waals surface area contributed by atoms with Gasteiger partial charge in [0.05, 0.1) is 6.10 Å². The molecule has 0 spiro atoms. The van der Waals surface area contributed by atoms with Crippen LogP contribution in [0.5, 0.6) is 0 Å². The smallest absolute Gasteiger partial charge is 0.191 e. The summed E-state index contributed by atoms with van der Waals surface area (Å²) in [6.07, 6.45) is 2.30. The highest BCUT2D eigenvalue weighted by molar-refractivity contribution is 7.09. The summed E-state index contributed by atoms with van der Waals surface area (Å²) in [5.74, 6) is 1.43. The second kappa shape index (κ2) is 11.5. The summed E-state index contributed by atoms with van der Waals surface area (Å²) in [4.78, 5) is 6.06. The van der Waals surface area contributed by atoms with E-state index in [1.54, 1.807) is 11.3 Å². The van der Waals surface area contributed by atoms with E-state index in [2.05, 4.69) is 60.8 Å². The minimum Gasteiger partial charge on any atom is -0.378 e. The fraction of sp³-hybridized carbons (Fsp3) is 0.706. The average Bonchev–Trinajstić information content (AvgIpc) is 2.99. The topological polar surface area (TPSA) is 45.7 Å². The van der Waals surface area contributed by atoms with Crippen LogP contribution in [0.3, 0.4) is 0 Å². The zero-order chi connectivity index (χ0) is 16.2. The number of rotatable bonds is 10. The molecule has 0 aliphatic heterocycles. The predicted molar refractivity (Wildman–Crippen MR) is 96.9 cm³/mol. The lowest BCUT2D eigenvalue weighted by molar-refractivity contribution is 0.0266. The van der Waals surface area contributed by atoms with Gasteiger partial charge in [-0.1, -0.05) is 19.9 Å². The Balaban J connectivity index is 2.36. The molecule has 0 saturated carbocycles. The van der Waals surface area contributed by atoms with Gasteiger partial charge in [-0.2, -0.15) is 0 Å². The fourth-order valence-electron chi connectivity index (χ4n) is 2.23. The molecule has 1 rings (SSSR count). The van der Waals surface area contributed by atoms with Crippen LogP contribution in [0.2, 0.25) is 0 Å². The van der Waals surface area contributed by atoms with Crippen molar-refractivity contribution in [2.75, 3.05) is 26.2 Å². The number of nitrogens with one attached hydrogen (secondary N) is 2. The lowest BCUT2D eigenvalue weighted by Crippen LogP contribution is -2.38. The van der Waals surface area contributed by atoms with Crippen LogP contribution in [0.1, 0.15) is 39.0 Å². The van der Waals surface area contributed by atoms with Crippen LogP contribution >= 0.6 is 11.3 Å². The van der Waals surface area contributed by atoms with E-state index in [9.17, 15) is 0 Å². The maximum atomic E-state index is 5.77. The van der Waals surface area contributed by atoms with Gasteiger partial charge in [0.1, 0.15) is 0 Å². The SMILES string of the molecule is CCNC(=NCCC(OCC)C(C)C)NCCc1cccs1. The summed E-state index contributed by atoms with van der Waals surface area (Å²) in [6, 6.07) is 4.27. The van der Waals surface area contributed by atoms with Crippen molar-refractivity contribution in [1.82, 2.24) is 10.6 Å². The summed E-state index contributed by atoms with van der Waals surface area (Å²) in [5, 5.41) is 8.82. The second-order valence-electron chi connectivity index (χ2n) is 5.54. The Morgan fingerprint density at radius 1 is 1.32 bits per heavy atom. The Morgan fingerprint density at radius 2 is 2.14 bits per heavy atom. The normalized spacial score (nSPS) is 13.4. The van der Waals surface area contributed by atoms with Crippen LogP contribution in [0, 0.1) is 5.92 Å². The third-order valence-corrected chi connectivity index (χ3v) is 4.33. The van der Waals surface area contributed by atoms with Crippen molar-refractivity contribution < 1.29 is 4.74 Å².